The van der Waals surface area contributed by atoms with Crippen molar-refractivity contribution in [1.82, 2.24) is 0 Å². The summed E-state index contributed by atoms with van der Waals surface area (Å²) in [6.07, 6.45) is 1.67. The first-order valence-corrected chi connectivity index (χ1v) is 5.02. The SMILES string of the molecule is NCCC1CC(c2cccc(O)c2)=NO1. The number of phenolic OH excluding ortho intramolecular Hbond substituents is 1. The van der Waals surface area contributed by atoms with Crippen LogP contribution in [0.5, 0.6) is 5.75 Å². The van der Waals surface area contributed by atoms with Crippen LogP contribution < -0.4 is 5.73 Å². The predicted molar refractivity (Wildman–Crippen MR) is 57.8 cm³/mol. The van der Waals surface area contributed by atoms with E-state index >= 15 is 0 Å². The maximum absolute atomic E-state index is 9.33. The van der Waals surface area contributed by atoms with E-state index < -0.39 is 0 Å². The monoisotopic (exact) mass is 206 g/mol. The molecule has 4 nitrogen and oxygen atoms in total. The Morgan fingerprint density at radius 2 is 2.40 bits per heavy atom. The quantitative estimate of drug-likeness (QED) is 0.781. The second-order valence-electron chi connectivity index (χ2n) is 3.60. The maximum Gasteiger partial charge on any atom is 0.134 e. The number of aromatic hydroxyl groups is 1. The van der Waals surface area contributed by atoms with Crippen molar-refractivity contribution in [3.05, 3.63) is 29.8 Å². The molecular formula is C11H14N2O2. The van der Waals surface area contributed by atoms with Crippen LogP contribution in [0.4, 0.5) is 0 Å². The van der Waals surface area contributed by atoms with E-state index in [0.717, 1.165) is 24.1 Å². The number of benzene rings is 1. The van der Waals surface area contributed by atoms with E-state index in [2.05, 4.69) is 5.16 Å². The van der Waals surface area contributed by atoms with Crippen molar-refractivity contribution in [3.63, 3.8) is 0 Å². The van der Waals surface area contributed by atoms with Crippen LogP contribution in [0.15, 0.2) is 29.4 Å². The van der Waals surface area contributed by atoms with Gasteiger partial charge in [-0.2, -0.15) is 0 Å². The molecular weight excluding hydrogens is 192 g/mol. The number of nitrogens with zero attached hydrogens (tertiary/aromatic N) is 1. The van der Waals surface area contributed by atoms with Gasteiger partial charge in [-0.25, -0.2) is 0 Å². The van der Waals surface area contributed by atoms with Crippen LogP contribution in [0, 0.1) is 0 Å². The first-order chi connectivity index (χ1) is 7.29. The lowest BCUT2D eigenvalue weighted by atomic mass is 10.0. The molecule has 1 aromatic carbocycles. The van der Waals surface area contributed by atoms with Crippen molar-refractivity contribution in [2.24, 2.45) is 10.9 Å². The summed E-state index contributed by atoms with van der Waals surface area (Å²) in [6.45, 7) is 0.605. The molecule has 1 unspecified atom stereocenters. The van der Waals surface area contributed by atoms with Crippen LogP contribution in [0.2, 0.25) is 0 Å². The fourth-order valence-corrected chi connectivity index (χ4v) is 1.62. The molecule has 0 amide bonds. The predicted octanol–water partition coefficient (Wildman–Crippen LogP) is 1.23. The molecule has 0 saturated heterocycles. The Bertz CT molecular complexity index is 377. The fourth-order valence-electron chi connectivity index (χ4n) is 1.62. The second kappa shape index (κ2) is 4.31. The first-order valence-electron chi connectivity index (χ1n) is 5.02. The molecule has 0 saturated carbocycles. The van der Waals surface area contributed by atoms with Crippen LogP contribution in [-0.2, 0) is 4.84 Å². The molecule has 15 heavy (non-hydrogen) atoms. The largest absolute Gasteiger partial charge is 0.508 e. The Hall–Kier alpha value is -1.55. The van der Waals surface area contributed by atoms with Crippen LogP contribution >= 0.6 is 0 Å². The minimum Gasteiger partial charge on any atom is -0.508 e. The van der Waals surface area contributed by atoms with Crippen molar-refractivity contribution >= 4 is 5.71 Å². The van der Waals surface area contributed by atoms with Crippen LogP contribution in [-0.4, -0.2) is 23.5 Å². The van der Waals surface area contributed by atoms with Crippen molar-refractivity contribution in [1.29, 1.82) is 0 Å². The van der Waals surface area contributed by atoms with Crippen molar-refractivity contribution < 1.29 is 9.94 Å². The zero-order chi connectivity index (χ0) is 10.7. The highest BCUT2D eigenvalue weighted by Gasteiger charge is 2.21. The van der Waals surface area contributed by atoms with Gasteiger partial charge in [0.15, 0.2) is 0 Å². The highest BCUT2D eigenvalue weighted by Crippen LogP contribution is 2.20. The standard InChI is InChI=1S/C11H14N2O2/c12-5-4-10-7-11(13-15-10)8-2-1-3-9(14)6-8/h1-3,6,10,14H,4-5,7,12H2. The second-order valence-corrected chi connectivity index (χ2v) is 3.60. The number of phenols is 1. The van der Waals surface area contributed by atoms with Gasteiger partial charge in [0.05, 0.1) is 5.71 Å². The lowest BCUT2D eigenvalue weighted by molar-refractivity contribution is 0.0810. The number of nitrogens with two attached hydrogens (primary N) is 1. The van der Waals surface area contributed by atoms with Crippen molar-refractivity contribution in [2.75, 3.05) is 6.54 Å². The van der Waals surface area contributed by atoms with Crippen LogP contribution in [0.3, 0.4) is 0 Å². The average Bonchev–Trinajstić information content (AvgIpc) is 2.67. The molecule has 80 valence electrons. The molecule has 0 spiro atoms. The third-order valence-electron chi connectivity index (χ3n) is 2.40. The zero-order valence-corrected chi connectivity index (χ0v) is 8.39. The Balaban J connectivity index is 2.07. The Morgan fingerprint density at radius 3 is 3.13 bits per heavy atom. The van der Waals surface area contributed by atoms with E-state index in [1.807, 2.05) is 6.07 Å². The van der Waals surface area contributed by atoms with Gasteiger partial charge in [-0.15, -0.1) is 0 Å². The molecule has 1 heterocycles. The summed E-state index contributed by atoms with van der Waals surface area (Å²) in [5.41, 5.74) is 7.24. The van der Waals surface area contributed by atoms with E-state index in [4.69, 9.17) is 10.6 Å². The Kier molecular flexibility index (Phi) is 2.87. The van der Waals surface area contributed by atoms with Crippen LogP contribution in [0.25, 0.3) is 0 Å². The normalized spacial score (nSPS) is 19.8. The minimum atomic E-state index is 0.0901. The molecule has 0 radical (unpaired) electrons. The lowest BCUT2D eigenvalue weighted by Crippen LogP contribution is -2.14. The highest BCUT2D eigenvalue weighted by atomic mass is 16.6. The van der Waals surface area contributed by atoms with Gasteiger partial charge in [0, 0.05) is 12.0 Å². The van der Waals surface area contributed by atoms with Crippen LogP contribution in [0.1, 0.15) is 18.4 Å². The summed E-state index contributed by atoms with van der Waals surface area (Å²) in [6, 6.07) is 7.03. The number of hydrogen-bond donors (Lipinski definition) is 2. The molecule has 1 aliphatic heterocycles. The minimum absolute atomic E-state index is 0.0901. The summed E-state index contributed by atoms with van der Waals surface area (Å²) in [4.78, 5) is 5.23. The summed E-state index contributed by atoms with van der Waals surface area (Å²) >= 11 is 0. The first kappa shape index (κ1) is 9.98. The molecule has 0 bridgehead atoms. The van der Waals surface area contributed by atoms with Gasteiger partial charge in [0.2, 0.25) is 0 Å². The van der Waals surface area contributed by atoms with E-state index in [-0.39, 0.29) is 11.9 Å². The van der Waals surface area contributed by atoms with E-state index in [1.165, 1.54) is 0 Å². The summed E-state index contributed by atoms with van der Waals surface area (Å²) in [5.74, 6) is 0.248. The number of oxime groups is 1. The van der Waals surface area contributed by atoms with Gasteiger partial charge >= 0.3 is 0 Å². The molecule has 1 atom stereocenters. The molecule has 0 aromatic heterocycles. The van der Waals surface area contributed by atoms with Gasteiger partial charge in [-0.05, 0) is 25.1 Å². The maximum atomic E-state index is 9.33. The van der Waals surface area contributed by atoms with Gasteiger partial charge in [0.25, 0.3) is 0 Å². The van der Waals surface area contributed by atoms with Gasteiger partial charge in [0.1, 0.15) is 11.9 Å². The smallest absolute Gasteiger partial charge is 0.134 e. The molecule has 4 heteroatoms. The number of rotatable bonds is 3. The third-order valence-corrected chi connectivity index (χ3v) is 2.40. The third kappa shape index (κ3) is 2.27. The molecule has 0 fully saturated rings. The van der Waals surface area contributed by atoms with E-state index in [0.29, 0.717) is 6.54 Å². The molecule has 0 aliphatic carbocycles. The van der Waals surface area contributed by atoms with Gasteiger partial charge < -0.3 is 15.7 Å². The summed E-state index contributed by atoms with van der Waals surface area (Å²) in [7, 11) is 0. The summed E-state index contributed by atoms with van der Waals surface area (Å²) < 4.78 is 0. The number of hydrogen-bond acceptors (Lipinski definition) is 4. The summed E-state index contributed by atoms with van der Waals surface area (Å²) in [5, 5.41) is 13.3. The van der Waals surface area contributed by atoms with Gasteiger partial charge in [-0.1, -0.05) is 17.3 Å². The molecule has 1 aliphatic rings. The van der Waals surface area contributed by atoms with Crippen molar-refractivity contribution in [3.8, 4) is 5.75 Å². The lowest BCUT2D eigenvalue weighted by Gasteiger charge is -2.04. The Labute approximate surface area is 88.3 Å². The van der Waals surface area contributed by atoms with Crippen molar-refractivity contribution in [2.45, 2.75) is 18.9 Å². The molecule has 1 aromatic rings. The van der Waals surface area contributed by atoms with Gasteiger partial charge in [-0.3, -0.25) is 0 Å². The zero-order valence-electron chi connectivity index (χ0n) is 8.39. The molecule has 2 rings (SSSR count). The average molecular weight is 206 g/mol. The van der Waals surface area contributed by atoms with E-state index in [1.54, 1.807) is 18.2 Å². The topological polar surface area (TPSA) is 67.8 Å². The van der Waals surface area contributed by atoms with E-state index in [9.17, 15) is 5.11 Å². The molecule has 3 N–H and O–H groups in total. The fraction of sp³-hybridized carbons (Fsp3) is 0.364. The highest BCUT2D eigenvalue weighted by molar-refractivity contribution is 6.01. The Morgan fingerprint density at radius 1 is 1.53 bits per heavy atom.